The van der Waals surface area contributed by atoms with Crippen molar-refractivity contribution in [3.8, 4) is 0 Å². The third-order valence-electron chi connectivity index (χ3n) is 1.79. The lowest BCUT2D eigenvalue weighted by atomic mass is 10.3. The summed E-state index contributed by atoms with van der Waals surface area (Å²) in [5.74, 6) is -0.167. The first-order valence-electron chi connectivity index (χ1n) is 4.63. The SMILES string of the molecule is CC(Cl)CCNC(=O)c1ccc(Br)cn1. The number of carbonyl (C=O) groups excluding carboxylic acids is 1. The number of amides is 1. The van der Waals surface area contributed by atoms with Crippen LogP contribution < -0.4 is 5.32 Å². The van der Waals surface area contributed by atoms with Gasteiger partial charge < -0.3 is 5.32 Å². The summed E-state index contributed by atoms with van der Waals surface area (Å²) in [6.45, 7) is 2.47. The zero-order valence-electron chi connectivity index (χ0n) is 8.34. The van der Waals surface area contributed by atoms with Crippen molar-refractivity contribution in [1.29, 1.82) is 0 Å². The molecule has 5 heteroatoms. The van der Waals surface area contributed by atoms with E-state index in [9.17, 15) is 4.79 Å². The molecule has 1 heterocycles. The molecule has 0 saturated carbocycles. The predicted octanol–water partition coefficient (Wildman–Crippen LogP) is 2.59. The van der Waals surface area contributed by atoms with Crippen LogP contribution in [0.15, 0.2) is 22.8 Å². The number of hydrogen-bond donors (Lipinski definition) is 1. The molecule has 1 amide bonds. The van der Waals surface area contributed by atoms with Crippen molar-refractivity contribution >= 4 is 33.4 Å². The standard InChI is InChI=1S/C10H12BrClN2O/c1-7(12)4-5-13-10(15)9-3-2-8(11)6-14-9/h2-3,6-7H,4-5H2,1H3,(H,13,15). The highest BCUT2D eigenvalue weighted by Gasteiger charge is 2.06. The molecule has 15 heavy (non-hydrogen) atoms. The number of nitrogens with zero attached hydrogens (tertiary/aromatic N) is 1. The van der Waals surface area contributed by atoms with Crippen LogP contribution >= 0.6 is 27.5 Å². The molecule has 0 fully saturated rings. The molecule has 1 atom stereocenters. The van der Waals surface area contributed by atoms with Crippen molar-refractivity contribution in [2.75, 3.05) is 6.54 Å². The lowest BCUT2D eigenvalue weighted by Gasteiger charge is -2.05. The van der Waals surface area contributed by atoms with E-state index in [1.807, 2.05) is 6.92 Å². The van der Waals surface area contributed by atoms with Crippen molar-refractivity contribution in [1.82, 2.24) is 10.3 Å². The highest BCUT2D eigenvalue weighted by atomic mass is 79.9. The van der Waals surface area contributed by atoms with Crippen LogP contribution in [0, 0.1) is 0 Å². The molecule has 1 aromatic heterocycles. The van der Waals surface area contributed by atoms with E-state index in [4.69, 9.17) is 11.6 Å². The Hall–Kier alpha value is -0.610. The summed E-state index contributed by atoms with van der Waals surface area (Å²) in [5, 5.41) is 2.82. The number of hydrogen-bond acceptors (Lipinski definition) is 2. The number of halogens is 2. The zero-order chi connectivity index (χ0) is 11.3. The molecule has 1 N–H and O–H groups in total. The van der Waals surface area contributed by atoms with Gasteiger partial charge >= 0.3 is 0 Å². The van der Waals surface area contributed by atoms with E-state index in [0.29, 0.717) is 12.2 Å². The van der Waals surface area contributed by atoms with Gasteiger partial charge in [-0.25, -0.2) is 4.98 Å². The molecule has 0 spiro atoms. The minimum absolute atomic E-state index is 0.0724. The first kappa shape index (κ1) is 12.5. The van der Waals surface area contributed by atoms with Gasteiger partial charge in [0, 0.05) is 22.6 Å². The van der Waals surface area contributed by atoms with Crippen LogP contribution in [0.5, 0.6) is 0 Å². The van der Waals surface area contributed by atoms with Crippen molar-refractivity contribution in [3.05, 3.63) is 28.5 Å². The number of alkyl halides is 1. The largest absolute Gasteiger partial charge is 0.351 e. The van der Waals surface area contributed by atoms with Gasteiger partial charge in [-0.15, -0.1) is 11.6 Å². The first-order chi connectivity index (χ1) is 7.09. The number of nitrogens with one attached hydrogen (secondary N) is 1. The summed E-state index contributed by atoms with van der Waals surface area (Å²) in [5.41, 5.74) is 0.417. The average molecular weight is 292 g/mol. The number of carbonyl (C=O) groups is 1. The van der Waals surface area contributed by atoms with Gasteiger partial charge in [0.05, 0.1) is 0 Å². The van der Waals surface area contributed by atoms with Gasteiger partial charge in [-0.3, -0.25) is 4.79 Å². The molecule has 0 aliphatic heterocycles. The minimum Gasteiger partial charge on any atom is -0.351 e. The van der Waals surface area contributed by atoms with Crippen LogP contribution in [0.1, 0.15) is 23.8 Å². The molecule has 0 aromatic carbocycles. The smallest absolute Gasteiger partial charge is 0.269 e. The fourth-order valence-electron chi connectivity index (χ4n) is 0.985. The zero-order valence-corrected chi connectivity index (χ0v) is 10.7. The second kappa shape index (κ2) is 6.08. The third-order valence-corrected chi connectivity index (χ3v) is 2.48. The van der Waals surface area contributed by atoms with Crippen LogP contribution in [0.2, 0.25) is 0 Å². The second-order valence-electron chi connectivity index (χ2n) is 3.19. The lowest BCUT2D eigenvalue weighted by molar-refractivity contribution is 0.0948. The Morgan fingerprint density at radius 3 is 2.93 bits per heavy atom. The highest BCUT2D eigenvalue weighted by Crippen LogP contribution is 2.07. The fraction of sp³-hybridized carbons (Fsp3) is 0.400. The molecule has 0 radical (unpaired) electrons. The molecular weight excluding hydrogens is 279 g/mol. The summed E-state index contributed by atoms with van der Waals surface area (Å²) in [7, 11) is 0. The van der Waals surface area contributed by atoms with Crippen LogP contribution in [-0.2, 0) is 0 Å². The summed E-state index contributed by atoms with van der Waals surface area (Å²) >= 11 is 9.01. The van der Waals surface area contributed by atoms with Crippen molar-refractivity contribution in [2.24, 2.45) is 0 Å². The van der Waals surface area contributed by atoms with E-state index >= 15 is 0 Å². The fourth-order valence-corrected chi connectivity index (χ4v) is 1.33. The quantitative estimate of drug-likeness (QED) is 0.867. The van der Waals surface area contributed by atoms with Crippen LogP contribution in [0.25, 0.3) is 0 Å². The van der Waals surface area contributed by atoms with Gasteiger partial charge in [-0.1, -0.05) is 0 Å². The van der Waals surface area contributed by atoms with Gasteiger partial charge in [-0.2, -0.15) is 0 Å². The Morgan fingerprint density at radius 2 is 2.40 bits per heavy atom. The molecule has 1 unspecified atom stereocenters. The maximum absolute atomic E-state index is 11.5. The Kier molecular flexibility index (Phi) is 5.05. The van der Waals surface area contributed by atoms with Crippen molar-refractivity contribution in [2.45, 2.75) is 18.7 Å². The molecular formula is C10H12BrClN2O. The maximum Gasteiger partial charge on any atom is 0.269 e. The molecule has 1 rings (SSSR count). The molecule has 0 aliphatic rings. The Balaban J connectivity index is 2.43. The normalized spacial score (nSPS) is 12.2. The van der Waals surface area contributed by atoms with Gasteiger partial charge in [0.15, 0.2) is 0 Å². The Morgan fingerprint density at radius 1 is 1.67 bits per heavy atom. The molecule has 0 aliphatic carbocycles. The highest BCUT2D eigenvalue weighted by molar-refractivity contribution is 9.10. The van der Waals surface area contributed by atoms with Crippen LogP contribution in [0.3, 0.4) is 0 Å². The van der Waals surface area contributed by atoms with Gasteiger partial charge in [0.1, 0.15) is 5.69 Å². The maximum atomic E-state index is 11.5. The van der Waals surface area contributed by atoms with Gasteiger partial charge in [0.25, 0.3) is 5.91 Å². The van der Waals surface area contributed by atoms with Crippen molar-refractivity contribution in [3.63, 3.8) is 0 Å². The van der Waals surface area contributed by atoms with E-state index in [2.05, 4.69) is 26.2 Å². The molecule has 3 nitrogen and oxygen atoms in total. The topological polar surface area (TPSA) is 42.0 Å². The summed E-state index contributed by atoms with van der Waals surface area (Å²) < 4.78 is 0.855. The van der Waals surface area contributed by atoms with Crippen LogP contribution in [0.4, 0.5) is 0 Å². The van der Waals surface area contributed by atoms with Crippen molar-refractivity contribution < 1.29 is 4.79 Å². The average Bonchev–Trinajstić information content (AvgIpc) is 2.18. The van der Waals surface area contributed by atoms with E-state index in [-0.39, 0.29) is 11.3 Å². The summed E-state index contributed by atoms with van der Waals surface area (Å²) in [6, 6.07) is 3.45. The lowest BCUT2D eigenvalue weighted by Crippen LogP contribution is -2.26. The predicted molar refractivity (Wildman–Crippen MR) is 64.2 cm³/mol. The second-order valence-corrected chi connectivity index (χ2v) is 4.85. The molecule has 0 saturated heterocycles. The van der Waals surface area contributed by atoms with E-state index in [1.165, 1.54) is 0 Å². The monoisotopic (exact) mass is 290 g/mol. The number of aromatic nitrogens is 1. The summed E-state index contributed by atoms with van der Waals surface area (Å²) in [6.07, 6.45) is 2.35. The minimum atomic E-state index is -0.167. The first-order valence-corrected chi connectivity index (χ1v) is 5.86. The molecule has 1 aromatic rings. The van der Waals surface area contributed by atoms with Gasteiger partial charge in [0.2, 0.25) is 0 Å². The Labute approximate surface area is 102 Å². The molecule has 82 valence electrons. The number of rotatable bonds is 4. The Bertz CT molecular complexity index is 327. The third kappa shape index (κ3) is 4.62. The molecule has 0 bridgehead atoms. The van der Waals surface area contributed by atoms with E-state index in [0.717, 1.165) is 10.9 Å². The van der Waals surface area contributed by atoms with Gasteiger partial charge in [-0.05, 0) is 41.4 Å². The van der Waals surface area contributed by atoms with E-state index < -0.39 is 0 Å². The summed E-state index contributed by atoms with van der Waals surface area (Å²) in [4.78, 5) is 15.5. The van der Waals surface area contributed by atoms with E-state index in [1.54, 1.807) is 18.3 Å². The van der Waals surface area contributed by atoms with Crippen LogP contribution in [-0.4, -0.2) is 22.8 Å². The number of pyridine rings is 1.